The van der Waals surface area contributed by atoms with Gasteiger partial charge in [-0.05, 0) is 43.4 Å². The van der Waals surface area contributed by atoms with Crippen molar-refractivity contribution in [2.45, 2.75) is 45.9 Å². The minimum Gasteiger partial charge on any atom is -0.352 e. The number of anilines is 1. The maximum absolute atomic E-state index is 12.4. The smallest absolute Gasteiger partial charge is 0.286 e. The number of nitrogens with one attached hydrogen (secondary N) is 1. The lowest BCUT2D eigenvalue weighted by Crippen LogP contribution is -2.37. The van der Waals surface area contributed by atoms with E-state index < -0.39 is 10.0 Å². The van der Waals surface area contributed by atoms with E-state index in [2.05, 4.69) is 37.4 Å². The van der Waals surface area contributed by atoms with Crippen LogP contribution in [0.1, 0.15) is 51.4 Å². The molecule has 1 aromatic carbocycles. The molecule has 0 unspecified atom stereocenters. The Balaban J connectivity index is 2.33. The lowest BCUT2D eigenvalue weighted by molar-refractivity contribution is 0.0952. The highest BCUT2D eigenvalue weighted by Gasteiger charge is 2.30. The van der Waals surface area contributed by atoms with Crippen molar-refractivity contribution in [1.29, 1.82) is 0 Å². The summed E-state index contributed by atoms with van der Waals surface area (Å²) in [6, 6.07) is 4.80. The molecule has 1 N–H and O–H groups in total. The summed E-state index contributed by atoms with van der Waals surface area (Å²) in [5, 5.41) is 2.83. The first-order valence-corrected chi connectivity index (χ1v) is 10.1. The van der Waals surface area contributed by atoms with Gasteiger partial charge in [-0.2, -0.15) is 8.42 Å². The molecule has 138 valence electrons. The molecule has 1 aliphatic rings. The maximum atomic E-state index is 12.4. The van der Waals surface area contributed by atoms with Gasteiger partial charge in [-0.25, -0.2) is 0 Å². The Morgan fingerprint density at radius 3 is 2.48 bits per heavy atom. The molecule has 0 atom stereocenters. The zero-order valence-corrected chi connectivity index (χ0v) is 16.4. The van der Waals surface area contributed by atoms with Crippen LogP contribution in [0.4, 0.5) is 5.69 Å². The lowest BCUT2D eigenvalue weighted by Gasteiger charge is -2.30. The van der Waals surface area contributed by atoms with Gasteiger partial charge in [0.1, 0.15) is 10.7 Å². The first-order chi connectivity index (χ1) is 11.6. The van der Waals surface area contributed by atoms with E-state index in [9.17, 15) is 13.2 Å². The second-order valence-corrected chi connectivity index (χ2v) is 8.81. The highest BCUT2D eigenvalue weighted by molar-refractivity contribution is 7.90. The fourth-order valence-corrected chi connectivity index (χ4v) is 3.97. The van der Waals surface area contributed by atoms with Crippen molar-refractivity contribution in [2.24, 2.45) is 16.2 Å². The molecule has 1 aromatic rings. The van der Waals surface area contributed by atoms with Crippen LogP contribution in [0.3, 0.4) is 0 Å². The molecule has 0 spiro atoms. The number of carbonyl (C=O) groups excluding carboxylic acids is 1. The number of hydrogen-bond acceptors (Lipinski definition) is 4. The molecular weight excluding hydrogens is 338 g/mol. The Morgan fingerprint density at radius 2 is 1.88 bits per heavy atom. The summed E-state index contributed by atoms with van der Waals surface area (Å²) < 4.78 is 28.8. The van der Waals surface area contributed by atoms with E-state index in [-0.39, 0.29) is 10.8 Å². The molecule has 7 heteroatoms. The standard InChI is InChI=1S/C18H27N3O3S/c1-12(2)8-9-19-18(22)15-6-7-16-17(10-15)25(23,24)20-14(5)21(16)11-13(3)4/h6-7,10,12-13H,8-9,11H2,1-5H3,(H,19,22). The third-order valence-electron chi connectivity index (χ3n) is 3.99. The van der Waals surface area contributed by atoms with Gasteiger partial charge in [0, 0.05) is 18.7 Å². The monoisotopic (exact) mass is 365 g/mol. The summed E-state index contributed by atoms with van der Waals surface area (Å²) in [5.74, 6) is 1.03. The molecule has 1 amide bonds. The van der Waals surface area contributed by atoms with E-state index in [0.717, 1.165) is 6.42 Å². The fourth-order valence-electron chi connectivity index (χ4n) is 2.70. The van der Waals surface area contributed by atoms with E-state index in [1.807, 2.05) is 4.90 Å². The summed E-state index contributed by atoms with van der Waals surface area (Å²) >= 11 is 0. The molecule has 6 nitrogen and oxygen atoms in total. The number of sulfonamides is 1. The van der Waals surface area contributed by atoms with E-state index in [0.29, 0.717) is 42.0 Å². The van der Waals surface area contributed by atoms with Gasteiger partial charge in [-0.1, -0.05) is 27.7 Å². The van der Waals surface area contributed by atoms with Crippen LogP contribution in [0, 0.1) is 11.8 Å². The lowest BCUT2D eigenvalue weighted by atomic mass is 10.1. The van der Waals surface area contributed by atoms with Gasteiger partial charge >= 0.3 is 0 Å². The minimum absolute atomic E-state index is 0.0928. The maximum Gasteiger partial charge on any atom is 0.286 e. The predicted molar refractivity (Wildman–Crippen MR) is 101 cm³/mol. The number of amides is 1. The van der Waals surface area contributed by atoms with Gasteiger partial charge in [-0.3, -0.25) is 4.79 Å². The number of fused-ring (bicyclic) bond motifs is 1. The molecule has 0 bridgehead atoms. The van der Waals surface area contributed by atoms with Gasteiger partial charge in [0.2, 0.25) is 0 Å². The van der Waals surface area contributed by atoms with E-state index >= 15 is 0 Å². The van der Waals surface area contributed by atoms with Gasteiger partial charge in [0.05, 0.1) is 5.69 Å². The average Bonchev–Trinajstić information content (AvgIpc) is 2.50. The van der Waals surface area contributed by atoms with E-state index in [1.165, 1.54) is 6.07 Å². The normalized spacial score (nSPS) is 16.0. The van der Waals surface area contributed by atoms with E-state index in [1.54, 1.807) is 19.1 Å². The van der Waals surface area contributed by atoms with Crippen molar-refractivity contribution in [3.8, 4) is 0 Å². The number of amidine groups is 1. The number of benzene rings is 1. The summed E-state index contributed by atoms with van der Waals surface area (Å²) in [7, 11) is -3.78. The average molecular weight is 365 g/mol. The number of hydrogen-bond donors (Lipinski definition) is 1. The molecule has 0 aromatic heterocycles. The molecule has 25 heavy (non-hydrogen) atoms. The first-order valence-electron chi connectivity index (χ1n) is 8.63. The molecule has 0 saturated heterocycles. The van der Waals surface area contributed by atoms with Gasteiger partial charge in [-0.15, -0.1) is 4.40 Å². The summed E-state index contributed by atoms with van der Waals surface area (Å²) in [6.07, 6.45) is 0.876. The molecular formula is C18H27N3O3S. The molecule has 0 radical (unpaired) electrons. The Bertz CT molecular complexity index is 783. The second kappa shape index (κ2) is 7.56. The van der Waals surface area contributed by atoms with Crippen molar-refractivity contribution in [3.05, 3.63) is 23.8 Å². The Morgan fingerprint density at radius 1 is 1.20 bits per heavy atom. The van der Waals surface area contributed by atoms with Gasteiger partial charge in [0.15, 0.2) is 0 Å². The number of nitrogens with zero attached hydrogens (tertiary/aromatic N) is 2. The Kier molecular flexibility index (Phi) is 5.87. The van der Waals surface area contributed by atoms with Crippen LogP contribution >= 0.6 is 0 Å². The summed E-state index contributed by atoms with van der Waals surface area (Å²) in [4.78, 5) is 14.3. The molecule has 0 aliphatic carbocycles. The van der Waals surface area contributed by atoms with Crippen LogP contribution in [-0.2, 0) is 10.0 Å². The topological polar surface area (TPSA) is 78.8 Å². The largest absolute Gasteiger partial charge is 0.352 e. The SMILES string of the molecule is CC1=NS(=O)(=O)c2cc(C(=O)NCCC(C)C)ccc2N1CC(C)C. The third kappa shape index (κ3) is 4.60. The van der Waals surface area contributed by atoms with Crippen molar-refractivity contribution in [3.63, 3.8) is 0 Å². The van der Waals surface area contributed by atoms with Crippen LogP contribution in [0.15, 0.2) is 27.5 Å². The predicted octanol–water partition coefficient (Wildman–Crippen LogP) is 3.05. The highest BCUT2D eigenvalue weighted by atomic mass is 32.2. The van der Waals surface area contributed by atoms with Crippen molar-refractivity contribution < 1.29 is 13.2 Å². The van der Waals surface area contributed by atoms with Crippen molar-refractivity contribution in [1.82, 2.24) is 5.32 Å². The van der Waals surface area contributed by atoms with Crippen molar-refractivity contribution >= 4 is 27.5 Å². The van der Waals surface area contributed by atoms with Crippen molar-refractivity contribution in [2.75, 3.05) is 18.0 Å². The van der Waals surface area contributed by atoms with Gasteiger partial charge < -0.3 is 10.2 Å². The third-order valence-corrected chi connectivity index (χ3v) is 5.38. The van der Waals surface area contributed by atoms with Crippen LogP contribution in [0.25, 0.3) is 0 Å². The first kappa shape index (κ1) is 19.4. The second-order valence-electron chi connectivity index (χ2n) is 7.24. The van der Waals surface area contributed by atoms with Gasteiger partial charge in [0.25, 0.3) is 15.9 Å². The Hall–Kier alpha value is -1.89. The molecule has 2 rings (SSSR count). The molecule has 0 saturated carbocycles. The number of carbonyl (C=O) groups is 1. The molecule has 1 heterocycles. The van der Waals surface area contributed by atoms with Crippen LogP contribution in [0.5, 0.6) is 0 Å². The Labute approximate surface area is 150 Å². The zero-order valence-electron chi connectivity index (χ0n) is 15.5. The van der Waals surface area contributed by atoms with E-state index in [4.69, 9.17) is 0 Å². The fraction of sp³-hybridized carbons (Fsp3) is 0.556. The highest BCUT2D eigenvalue weighted by Crippen LogP contribution is 2.33. The quantitative estimate of drug-likeness (QED) is 0.840. The number of rotatable bonds is 6. The molecule has 0 fully saturated rings. The summed E-state index contributed by atoms with van der Waals surface area (Å²) in [6.45, 7) is 11.2. The zero-order chi connectivity index (χ0) is 18.8. The summed E-state index contributed by atoms with van der Waals surface area (Å²) in [5.41, 5.74) is 0.922. The van der Waals surface area contributed by atoms with Crippen LogP contribution < -0.4 is 10.2 Å². The van der Waals surface area contributed by atoms with Crippen LogP contribution in [0.2, 0.25) is 0 Å². The molecule has 1 aliphatic heterocycles. The van der Waals surface area contributed by atoms with Crippen LogP contribution in [-0.4, -0.2) is 33.3 Å². The minimum atomic E-state index is -3.78.